The Balaban J connectivity index is 1.68. The number of hydrogen-bond acceptors (Lipinski definition) is 5. The van der Waals surface area contributed by atoms with Crippen molar-refractivity contribution in [3.05, 3.63) is 60.3 Å². The number of benzene rings is 1. The van der Waals surface area contributed by atoms with E-state index < -0.39 is 17.6 Å². The number of hydrogen-bond donors (Lipinski definition) is 1. The predicted octanol–water partition coefficient (Wildman–Crippen LogP) is 4.08. The zero-order chi connectivity index (χ0) is 22.9. The summed E-state index contributed by atoms with van der Waals surface area (Å²) in [5.41, 5.74) is 0.177. The van der Waals surface area contributed by atoms with Gasteiger partial charge in [-0.05, 0) is 18.2 Å². The largest absolute Gasteiger partial charge is 0.416 e. The maximum absolute atomic E-state index is 14.5. The third-order valence-corrected chi connectivity index (χ3v) is 5.16. The number of pyridine rings is 1. The number of nitrogens with one attached hydrogen (secondary N) is 1. The predicted molar refractivity (Wildman–Crippen MR) is 110 cm³/mol. The second-order valence-corrected chi connectivity index (χ2v) is 7.38. The molecule has 10 heteroatoms. The van der Waals surface area contributed by atoms with Gasteiger partial charge in [0.1, 0.15) is 11.5 Å². The summed E-state index contributed by atoms with van der Waals surface area (Å²) in [4.78, 5) is 26.1. The highest BCUT2D eigenvalue weighted by atomic mass is 19.4. The Morgan fingerprint density at radius 3 is 2.47 bits per heavy atom. The van der Waals surface area contributed by atoms with Gasteiger partial charge in [-0.3, -0.25) is 14.8 Å². The van der Waals surface area contributed by atoms with Gasteiger partial charge in [-0.25, -0.2) is 9.37 Å². The van der Waals surface area contributed by atoms with Crippen LogP contribution < -0.4 is 10.2 Å². The number of halogens is 4. The smallest absolute Gasteiger partial charge is 0.351 e. The minimum absolute atomic E-state index is 0.0139. The lowest BCUT2D eigenvalue weighted by molar-refractivity contribution is -0.137. The van der Waals surface area contributed by atoms with Crippen molar-refractivity contribution >= 4 is 11.7 Å². The van der Waals surface area contributed by atoms with Gasteiger partial charge >= 0.3 is 6.18 Å². The molecule has 1 saturated heterocycles. The van der Waals surface area contributed by atoms with Crippen LogP contribution in [0.15, 0.2) is 48.9 Å². The SMILES string of the molecule is CCC(=O)NC1CN(c2cnc(-c3ccc(C(F)(F)F)cc3)c(-c3ccncc3F)n2)C1. The standard InChI is InChI=1S/C22H19F4N5O/c1-2-19(32)29-15-11-31(12-15)18-10-28-20(13-3-5-14(6-4-13)22(24,25)26)21(30-18)16-7-8-27-9-17(16)23/h3-10,15H,2,11-12H2,1H3,(H,29,32). The molecule has 1 aliphatic rings. The van der Waals surface area contributed by atoms with E-state index in [4.69, 9.17) is 0 Å². The summed E-state index contributed by atoms with van der Waals surface area (Å²) < 4.78 is 53.3. The van der Waals surface area contributed by atoms with E-state index >= 15 is 0 Å². The Hall–Kier alpha value is -3.56. The van der Waals surface area contributed by atoms with Crippen molar-refractivity contribution in [2.75, 3.05) is 18.0 Å². The molecule has 6 nitrogen and oxygen atoms in total. The first-order chi connectivity index (χ1) is 15.3. The molecule has 0 atom stereocenters. The molecular weight excluding hydrogens is 426 g/mol. The zero-order valence-corrected chi connectivity index (χ0v) is 17.0. The molecule has 3 aromatic rings. The van der Waals surface area contributed by atoms with Gasteiger partial charge < -0.3 is 10.2 Å². The van der Waals surface area contributed by atoms with Crippen molar-refractivity contribution in [1.29, 1.82) is 0 Å². The number of alkyl halides is 3. The van der Waals surface area contributed by atoms with Crippen LogP contribution in [0.1, 0.15) is 18.9 Å². The van der Waals surface area contributed by atoms with E-state index in [0.29, 0.717) is 30.9 Å². The van der Waals surface area contributed by atoms with Crippen LogP contribution in [0.5, 0.6) is 0 Å². The van der Waals surface area contributed by atoms with Gasteiger partial charge in [0.15, 0.2) is 5.82 Å². The van der Waals surface area contributed by atoms with Gasteiger partial charge in [0.2, 0.25) is 5.91 Å². The minimum Gasteiger partial charge on any atom is -0.351 e. The van der Waals surface area contributed by atoms with E-state index in [2.05, 4.69) is 20.3 Å². The summed E-state index contributed by atoms with van der Waals surface area (Å²) in [6.07, 6.45) is -0.129. The first kappa shape index (κ1) is 21.7. The van der Waals surface area contributed by atoms with E-state index in [0.717, 1.165) is 18.3 Å². The summed E-state index contributed by atoms with van der Waals surface area (Å²) in [6, 6.07) is 5.91. The van der Waals surface area contributed by atoms with Crippen LogP contribution in [0.4, 0.5) is 23.4 Å². The number of carbonyl (C=O) groups excluding carboxylic acids is 1. The highest BCUT2D eigenvalue weighted by Crippen LogP contribution is 2.35. The monoisotopic (exact) mass is 445 g/mol. The van der Waals surface area contributed by atoms with Gasteiger partial charge in [-0.2, -0.15) is 13.2 Å². The van der Waals surface area contributed by atoms with E-state index in [1.165, 1.54) is 30.6 Å². The second-order valence-electron chi connectivity index (χ2n) is 7.38. The molecule has 0 aliphatic carbocycles. The Morgan fingerprint density at radius 2 is 1.84 bits per heavy atom. The maximum atomic E-state index is 14.5. The molecule has 166 valence electrons. The lowest BCUT2D eigenvalue weighted by Crippen LogP contribution is -2.59. The second kappa shape index (κ2) is 8.52. The number of anilines is 1. The molecule has 0 spiro atoms. The van der Waals surface area contributed by atoms with Crippen molar-refractivity contribution in [2.45, 2.75) is 25.6 Å². The molecule has 1 amide bonds. The van der Waals surface area contributed by atoms with Gasteiger partial charge in [-0.15, -0.1) is 0 Å². The first-order valence-corrected chi connectivity index (χ1v) is 9.95. The minimum atomic E-state index is -4.46. The van der Waals surface area contributed by atoms with E-state index in [1.54, 1.807) is 6.92 Å². The Labute approximate surface area is 181 Å². The molecule has 1 N–H and O–H groups in total. The van der Waals surface area contributed by atoms with Gasteiger partial charge in [0, 0.05) is 36.8 Å². The van der Waals surface area contributed by atoms with Crippen LogP contribution in [0.3, 0.4) is 0 Å². The van der Waals surface area contributed by atoms with Crippen LogP contribution in [-0.4, -0.2) is 40.0 Å². The van der Waals surface area contributed by atoms with Crippen molar-refractivity contribution in [1.82, 2.24) is 20.3 Å². The third kappa shape index (κ3) is 4.39. The number of carbonyl (C=O) groups is 1. The van der Waals surface area contributed by atoms with Crippen LogP contribution in [0, 0.1) is 5.82 Å². The van der Waals surface area contributed by atoms with Gasteiger partial charge in [0.25, 0.3) is 0 Å². The maximum Gasteiger partial charge on any atom is 0.416 e. The number of amides is 1. The fourth-order valence-corrected chi connectivity index (χ4v) is 3.40. The summed E-state index contributed by atoms with van der Waals surface area (Å²) in [5.74, 6) is -0.185. The van der Waals surface area contributed by atoms with Crippen molar-refractivity contribution < 1.29 is 22.4 Å². The molecule has 1 aromatic carbocycles. The van der Waals surface area contributed by atoms with Crippen LogP contribution >= 0.6 is 0 Å². The topological polar surface area (TPSA) is 71.0 Å². The van der Waals surface area contributed by atoms with Crippen molar-refractivity contribution in [2.24, 2.45) is 0 Å². The van der Waals surface area contributed by atoms with E-state index in [9.17, 15) is 22.4 Å². The summed E-state index contributed by atoms with van der Waals surface area (Å²) in [5, 5.41) is 2.89. The quantitative estimate of drug-likeness (QED) is 0.600. The third-order valence-electron chi connectivity index (χ3n) is 5.16. The molecule has 3 heterocycles. The molecule has 1 aliphatic heterocycles. The molecule has 4 rings (SSSR count). The van der Waals surface area contributed by atoms with Crippen LogP contribution in [0.2, 0.25) is 0 Å². The number of nitrogens with zero attached hydrogens (tertiary/aromatic N) is 4. The fourth-order valence-electron chi connectivity index (χ4n) is 3.40. The highest BCUT2D eigenvalue weighted by Gasteiger charge is 2.31. The zero-order valence-electron chi connectivity index (χ0n) is 17.0. The molecule has 1 fully saturated rings. The van der Waals surface area contributed by atoms with Gasteiger partial charge in [0.05, 0.1) is 29.7 Å². The number of rotatable bonds is 5. The number of aromatic nitrogens is 3. The lowest BCUT2D eigenvalue weighted by atomic mass is 10.0. The molecule has 0 bridgehead atoms. The molecule has 2 aromatic heterocycles. The molecule has 0 unspecified atom stereocenters. The molecule has 0 radical (unpaired) electrons. The Bertz CT molecular complexity index is 1130. The Kier molecular flexibility index (Phi) is 5.77. The van der Waals surface area contributed by atoms with Crippen molar-refractivity contribution in [3.63, 3.8) is 0 Å². The Morgan fingerprint density at radius 1 is 1.12 bits per heavy atom. The van der Waals surface area contributed by atoms with E-state index in [1.807, 2.05) is 4.90 Å². The molecule has 0 saturated carbocycles. The summed E-state index contributed by atoms with van der Waals surface area (Å²) in [6.45, 7) is 2.82. The fraction of sp³-hybridized carbons (Fsp3) is 0.273. The van der Waals surface area contributed by atoms with Crippen LogP contribution in [0.25, 0.3) is 22.5 Å². The average Bonchev–Trinajstić information content (AvgIpc) is 2.75. The highest BCUT2D eigenvalue weighted by molar-refractivity contribution is 5.79. The lowest BCUT2D eigenvalue weighted by Gasteiger charge is -2.40. The molecular formula is C22H19F4N5O. The summed E-state index contributed by atoms with van der Waals surface area (Å²) >= 11 is 0. The molecule has 32 heavy (non-hydrogen) atoms. The normalized spacial score (nSPS) is 14.2. The summed E-state index contributed by atoms with van der Waals surface area (Å²) in [7, 11) is 0. The van der Waals surface area contributed by atoms with Crippen LogP contribution in [-0.2, 0) is 11.0 Å². The van der Waals surface area contributed by atoms with Crippen molar-refractivity contribution in [3.8, 4) is 22.5 Å². The van der Waals surface area contributed by atoms with E-state index in [-0.39, 0.29) is 28.9 Å². The first-order valence-electron chi connectivity index (χ1n) is 9.95. The van der Waals surface area contributed by atoms with Gasteiger partial charge in [-0.1, -0.05) is 19.1 Å². The average molecular weight is 445 g/mol.